The van der Waals surface area contributed by atoms with Gasteiger partial charge < -0.3 is 19.7 Å². The summed E-state index contributed by atoms with van der Waals surface area (Å²) in [6.45, 7) is 16.7. The summed E-state index contributed by atoms with van der Waals surface area (Å²) in [4.78, 5) is 15.1. The molecule has 1 N–H and O–H groups in total. The summed E-state index contributed by atoms with van der Waals surface area (Å²) in [5.74, 6) is 1.09. The number of benzene rings is 1. The second-order valence-corrected chi connectivity index (χ2v) is 7.47. The van der Waals surface area contributed by atoms with E-state index in [1.54, 1.807) is 0 Å². The molecule has 0 saturated heterocycles. The Labute approximate surface area is 165 Å². The van der Waals surface area contributed by atoms with Crippen LogP contribution in [-0.2, 0) is 9.53 Å². The number of carbonyl (C=O) groups is 1. The van der Waals surface area contributed by atoms with Crippen LogP contribution in [0.5, 0.6) is 5.75 Å². The Hall–Kier alpha value is -1.59. The molecule has 1 amide bonds. The number of nitrogens with zero attached hydrogens (tertiary/aromatic N) is 1. The molecule has 0 bridgehead atoms. The minimum Gasteiger partial charge on any atom is -0.494 e. The van der Waals surface area contributed by atoms with Crippen molar-refractivity contribution in [2.45, 2.75) is 60.0 Å². The summed E-state index contributed by atoms with van der Waals surface area (Å²) < 4.78 is 11.6. The molecular weight excluding hydrogens is 340 g/mol. The van der Waals surface area contributed by atoms with Crippen LogP contribution in [0, 0.1) is 5.92 Å². The Balaban J connectivity index is 2.54. The number of hydrogen-bond acceptors (Lipinski definition) is 4. The molecule has 0 fully saturated rings. The van der Waals surface area contributed by atoms with E-state index in [2.05, 4.69) is 37.9 Å². The van der Waals surface area contributed by atoms with Gasteiger partial charge in [-0.1, -0.05) is 27.7 Å². The number of ether oxygens (including phenoxy) is 2. The zero-order valence-electron chi connectivity index (χ0n) is 18.0. The average Bonchev–Trinajstić information content (AvgIpc) is 2.62. The van der Waals surface area contributed by atoms with Crippen LogP contribution in [-0.4, -0.2) is 49.3 Å². The van der Waals surface area contributed by atoms with Gasteiger partial charge in [-0.15, -0.1) is 0 Å². The first-order valence-electron chi connectivity index (χ1n) is 10.2. The molecule has 1 rings (SSSR count). The second kappa shape index (κ2) is 12.0. The van der Waals surface area contributed by atoms with E-state index in [4.69, 9.17) is 9.47 Å². The van der Waals surface area contributed by atoms with Gasteiger partial charge in [0.15, 0.2) is 0 Å². The number of rotatable bonds is 13. The molecule has 154 valence electrons. The highest BCUT2D eigenvalue weighted by Crippen LogP contribution is 2.24. The predicted octanol–water partition coefficient (Wildman–Crippen LogP) is 4.58. The highest BCUT2D eigenvalue weighted by molar-refractivity contribution is 5.97. The molecule has 0 aromatic heterocycles. The lowest BCUT2D eigenvalue weighted by Gasteiger charge is -2.29. The van der Waals surface area contributed by atoms with Crippen molar-refractivity contribution in [2.75, 3.05) is 38.2 Å². The first-order valence-corrected chi connectivity index (χ1v) is 10.2. The molecule has 5 nitrogen and oxygen atoms in total. The molecule has 0 saturated carbocycles. The average molecular weight is 379 g/mol. The van der Waals surface area contributed by atoms with Crippen molar-refractivity contribution < 1.29 is 14.3 Å². The summed E-state index contributed by atoms with van der Waals surface area (Å²) in [5.41, 5.74) is -0.0622. The van der Waals surface area contributed by atoms with E-state index in [-0.39, 0.29) is 5.91 Å². The fraction of sp³-hybridized carbons (Fsp3) is 0.682. The first-order chi connectivity index (χ1) is 12.8. The van der Waals surface area contributed by atoms with Crippen LogP contribution in [0.15, 0.2) is 24.3 Å². The van der Waals surface area contributed by atoms with E-state index in [9.17, 15) is 4.79 Å². The highest BCUT2D eigenvalue weighted by atomic mass is 16.5. The molecule has 1 atom stereocenters. The minimum atomic E-state index is -0.817. The Bertz CT molecular complexity index is 541. The van der Waals surface area contributed by atoms with Crippen molar-refractivity contribution in [3.05, 3.63) is 24.3 Å². The fourth-order valence-electron chi connectivity index (χ4n) is 3.23. The molecule has 0 unspecified atom stereocenters. The third kappa shape index (κ3) is 8.31. The summed E-state index contributed by atoms with van der Waals surface area (Å²) in [6.07, 6.45) is 1.68. The van der Waals surface area contributed by atoms with Crippen LogP contribution in [0.3, 0.4) is 0 Å². The zero-order chi connectivity index (χ0) is 20.3. The number of nitrogens with one attached hydrogen (secondary N) is 1. The molecule has 1 aromatic carbocycles. The van der Waals surface area contributed by atoms with E-state index < -0.39 is 5.60 Å². The van der Waals surface area contributed by atoms with Gasteiger partial charge in [0.2, 0.25) is 0 Å². The smallest absolute Gasteiger partial charge is 0.256 e. The first kappa shape index (κ1) is 23.4. The molecule has 27 heavy (non-hydrogen) atoms. The number of amides is 1. The van der Waals surface area contributed by atoms with Crippen LogP contribution in [0.25, 0.3) is 0 Å². The lowest BCUT2D eigenvalue weighted by atomic mass is 9.93. The molecule has 0 aliphatic heterocycles. The van der Waals surface area contributed by atoms with Crippen LogP contribution in [0.2, 0.25) is 0 Å². The van der Waals surface area contributed by atoms with E-state index >= 15 is 0 Å². The standard InChI is InChI=1S/C22H38N2O3/c1-7-24(8-2)15-10-16-26-20-13-11-19(12-14-20)23-21(25)22(6,27-9-3)17-18(4)5/h11-14,18H,7-10,15-17H2,1-6H3,(H,23,25)/t22-/m1/s1. The maximum absolute atomic E-state index is 12.7. The molecular formula is C22H38N2O3. The van der Waals surface area contributed by atoms with Gasteiger partial charge in [0.05, 0.1) is 6.61 Å². The van der Waals surface area contributed by atoms with Gasteiger partial charge in [-0.25, -0.2) is 0 Å². The summed E-state index contributed by atoms with van der Waals surface area (Å²) in [6, 6.07) is 7.54. The third-order valence-electron chi connectivity index (χ3n) is 4.64. The van der Waals surface area contributed by atoms with Gasteiger partial charge >= 0.3 is 0 Å². The molecule has 5 heteroatoms. The topological polar surface area (TPSA) is 50.8 Å². The number of anilines is 1. The van der Waals surface area contributed by atoms with Crippen molar-refractivity contribution >= 4 is 11.6 Å². The Kier molecular flexibility index (Phi) is 10.4. The Morgan fingerprint density at radius 2 is 1.78 bits per heavy atom. The largest absolute Gasteiger partial charge is 0.494 e. The van der Waals surface area contributed by atoms with Crippen molar-refractivity contribution in [3.8, 4) is 5.75 Å². The van der Waals surface area contributed by atoms with Crippen LogP contribution >= 0.6 is 0 Å². The monoisotopic (exact) mass is 378 g/mol. The van der Waals surface area contributed by atoms with Crippen molar-refractivity contribution in [1.82, 2.24) is 4.90 Å². The SMILES string of the molecule is CCO[C@](C)(CC(C)C)C(=O)Nc1ccc(OCCCN(CC)CC)cc1. The van der Waals surface area contributed by atoms with Gasteiger partial charge in [0, 0.05) is 18.8 Å². The molecule has 0 aliphatic rings. The van der Waals surface area contributed by atoms with Crippen LogP contribution in [0.1, 0.15) is 54.4 Å². The third-order valence-corrected chi connectivity index (χ3v) is 4.64. The highest BCUT2D eigenvalue weighted by Gasteiger charge is 2.34. The van der Waals surface area contributed by atoms with Gasteiger partial charge in [-0.3, -0.25) is 4.79 Å². The summed E-state index contributed by atoms with van der Waals surface area (Å²) >= 11 is 0. The van der Waals surface area contributed by atoms with Gasteiger partial charge in [0.25, 0.3) is 5.91 Å². The number of carbonyl (C=O) groups excluding carboxylic acids is 1. The van der Waals surface area contributed by atoms with Gasteiger partial charge in [0.1, 0.15) is 11.4 Å². The summed E-state index contributed by atoms with van der Waals surface area (Å²) in [5, 5.41) is 2.97. The zero-order valence-corrected chi connectivity index (χ0v) is 18.0. The van der Waals surface area contributed by atoms with Crippen LogP contribution in [0.4, 0.5) is 5.69 Å². The van der Waals surface area contributed by atoms with Crippen molar-refractivity contribution in [1.29, 1.82) is 0 Å². The fourth-order valence-corrected chi connectivity index (χ4v) is 3.23. The quantitative estimate of drug-likeness (QED) is 0.511. The van der Waals surface area contributed by atoms with Crippen molar-refractivity contribution in [3.63, 3.8) is 0 Å². The lowest BCUT2D eigenvalue weighted by molar-refractivity contribution is -0.140. The normalized spacial score (nSPS) is 13.6. The molecule has 0 aliphatic carbocycles. The van der Waals surface area contributed by atoms with E-state index in [0.29, 0.717) is 25.6 Å². The minimum absolute atomic E-state index is 0.106. The predicted molar refractivity (Wildman–Crippen MR) is 112 cm³/mol. The second-order valence-electron chi connectivity index (χ2n) is 7.47. The molecule has 1 aromatic rings. The Morgan fingerprint density at radius 3 is 2.30 bits per heavy atom. The molecule has 0 spiro atoms. The lowest BCUT2D eigenvalue weighted by Crippen LogP contribution is -2.43. The van der Waals surface area contributed by atoms with E-state index in [0.717, 1.165) is 37.5 Å². The molecule has 0 radical (unpaired) electrons. The van der Waals surface area contributed by atoms with Gasteiger partial charge in [-0.2, -0.15) is 0 Å². The summed E-state index contributed by atoms with van der Waals surface area (Å²) in [7, 11) is 0. The molecule has 0 heterocycles. The van der Waals surface area contributed by atoms with E-state index in [1.165, 1.54) is 0 Å². The Morgan fingerprint density at radius 1 is 1.15 bits per heavy atom. The van der Waals surface area contributed by atoms with Crippen molar-refractivity contribution in [2.24, 2.45) is 5.92 Å². The number of hydrogen-bond donors (Lipinski definition) is 1. The maximum Gasteiger partial charge on any atom is 0.256 e. The van der Waals surface area contributed by atoms with Gasteiger partial charge in [-0.05, 0) is 70.0 Å². The van der Waals surface area contributed by atoms with E-state index in [1.807, 2.05) is 38.1 Å². The van der Waals surface area contributed by atoms with Crippen LogP contribution < -0.4 is 10.1 Å². The maximum atomic E-state index is 12.7.